The van der Waals surface area contributed by atoms with E-state index in [2.05, 4.69) is 12.2 Å². The highest BCUT2D eigenvalue weighted by atomic mass is 32.2. The lowest BCUT2D eigenvalue weighted by atomic mass is 9.90. The quantitative estimate of drug-likeness (QED) is 0.871. The number of hydrogen-bond donors (Lipinski definition) is 2. The SMILES string of the molecule is CC1Sc2ccc(C(=O)N3CCCC(C)C3CN)cc2NC1=O. The van der Waals surface area contributed by atoms with Crippen molar-refractivity contribution < 1.29 is 9.59 Å². The molecule has 0 aromatic heterocycles. The fraction of sp³-hybridized carbons (Fsp3) is 0.529. The number of fused-ring (bicyclic) bond motifs is 1. The van der Waals surface area contributed by atoms with Gasteiger partial charge in [-0.25, -0.2) is 0 Å². The molecule has 23 heavy (non-hydrogen) atoms. The van der Waals surface area contributed by atoms with Crippen LogP contribution in [-0.4, -0.2) is 41.1 Å². The Bertz CT molecular complexity index is 634. The van der Waals surface area contributed by atoms with Crippen molar-refractivity contribution in [3.8, 4) is 0 Å². The van der Waals surface area contributed by atoms with Gasteiger partial charge in [0.2, 0.25) is 5.91 Å². The summed E-state index contributed by atoms with van der Waals surface area (Å²) in [6, 6.07) is 5.66. The third-order valence-corrected chi connectivity index (χ3v) is 5.95. The number of rotatable bonds is 2. The molecule has 0 spiro atoms. The second-order valence-electron chi connectivity index (χ2n) is 6.38. The Balaban J connectivity index is 1.85. The van der Waals surface area contributed by atoms with Crippen LogP contribution in [0.5, 0.6) is 0 Å². The van der Waals surface area contributed by atoms with E-state index in [4.69, 9.17) is 5.73 Å². The van der Waals surface area contributed by atoms with Crippen molar-refractivity contribution in [2.75, 3.05) is 18.4 Å². The molecule has 124 valence electrons. The second-order valence-corrected chi connectivity index (χ2v) is 7.76. The van der Waals surface area contributed by atoms with Gasteiger partial charge >= 0.3 is 0 Å². The summed E-state index contributed by atoms with van der Waals surface area (Å²) in [5, 5.41) is 2.78. The average Bonchev–Trinajstić information content (AvgIpc) is 2.54. The Morgan fingerprint density at radius 1 is 1.43 bits per heavy atom. The summed E-state index contributed by atoms with van der Waals surface area (Å²) in [4.78, 5) is 27.6. The minimum atomic E-state index is -0.103. The smallest absolute Gasteiger partial charge is 0.254 e. The number of thioether (sulfide) groups is 1. The summed E-state index contributed by atoms with van der Waals surface area (Å²) < 4.78 is 0. The van der Waals surface area contributed by atoms with Crippen LogP contribution < -0.4 is 11.1 Å². The molecule has 2 heterocycles. The molecule has 1 saturated heterocycles. The number of likely N-dealkylation sites (tertiary alicyclic amines) is 1. The lowest BCUT2D eigenvalue weighted by Crippen LogP contribution is -2.51. The molecule has 1 aromatic carbocycles. The van der Waals surface area contributed by atoms with Gasteiger partial charge in [-0.1, -0.05) is 6.92 Å². The highest BCUT2D eigenvalue weighted by Gasteiger charge is 2.32. The summed E-state index contributed by atoms with van der Waals surface area (Å²) in [7, 11) is 0. The van der Waals surface area contributed by atoms with Crippen LogP contribution in [-0.2, 0) is 4.79 Å². The molecule has 3 N–H and O–H groups in total. The molecule has 1 fully saturated rings. The van der Waals surface area contributed by atoms with E-state index in [9.17, 15) is 9.59 Å². The number of carbonyl (C=O) groups is 2. The van der Waals surface area contributed by atoms with Crippen LogP contribution in [0.15, 0.2) is 23.1 Å². The molecule has 0 radical (unpaired) electrons. The lowest BCUT2D eigenvalue weighted by molar-refractivity contribution is -0.115. The van der Waals surface area contributed by atoms with Crippen molar-refractivity contribution in [1.29, 1.82) is 0 Å². The lowest BCUT2D eigenvalue weighted by Gasteiger charge is -2.39. The number of benzene rings is 1. The number of nitrogens with one attached hydrogen (secondary N) is 1. The van der Waals surface area contributed by atoms with E-state index in [0.29, 0.717) is 18.0 Å². The molecule has 0 bridgehead atoms. The van der Waals surface area contributed by atoms with Crippen molar-refractivity contribution in [1.82, 2.24) is 4.90 Å². The second kappa shape index (κ2) is 6.53. The van der Waals surface area contributed by atoms with Crippen molar-refractivity contribution in [2.24, 2.45) is 11.7 Å². The first kappa shape index (κ1) is 16.3. The molecular weight excluding hydrogens is 310 g/mol. The first-order valence-electron chi connectivity index (χ1n) is 8.14. The molecule has 3 rings (SSSR count). The molecular formula is C17H23N3O2S. The largest absolute Gasteiger partial charge is 0.334 e. The molecule has 2 amide bonds. The molecule has 5 nitrogen and oxygen atoms in total. The third kappa shape index (κ3) is 3.10. The standard InChI is InChI=1S/C17H23N3O2S/c1-10-4-3-7-20(14(10)9-18)17(22)12-5-6-15-13(8-12)19-16(21)11(2)23-15/h5-6,8,10-11,14H,3-4,7,9,18H2,1-2H3,(H,19,21). The molecule has 1 aromatic rings. The Hall–Kier alpha value is -1.53. The topological polar surface area (TPSA) is 75.4 Å². The van der Waals surface area contributed by atoms with Crippen molar-refractivity contribution in [3.05, 3.63) is 23.8 Å². The summed E-state index contributed by atoms with van der Waals surface area (Å²) in [5.41, 5.74) is 7.24. The Labute approximate surface area is 141 Å². The first-order valence-corrected chi connectivity index (χ1v) is 9.02. The van der Waals surface area contributed by atoms with Crippen LogP contribution in [0.1, 0.15) is 37.0 Å². The minimum absolute atomic E-state index is 0.00710. The van der Waals surface area contributed by atoms with Crippen LogP contribution in [0.3, 0.4) is 0 Å². The zero-order valence-corrected chi connectivity index (χ0v) is 14.4. The van der Waals surface area contributed by atoms with Crippen molar-refractivity contribution in [2.45, 2.75) is 42.9 Å². The molecule has 3 unspecified atom stereocenters. The number of carbonyl (C=O) groups excluding carboxylic acids is 2. The van der Waals surface area contributed by atoms with Crippen molar-refractivity contribution in [3.63, 3.8) is 0 Å². The number of nitrogens with zero attached hydrogens (tertiary/aromatic N) is 1. The van der Waals surface area contributed by atoms with Gasteiger partial charge in [-0.15, -0.1) is 11.8 Å². The number of hydrogen-bond acceptors (Lipinski definition) is 4. The molecule has 2 aliphatic rings. The predicted molar refractivity (Wildman–Crippen MR) is 92.7 cm³/mol. The molecule has 6 heteroatoms. The van der Waals surface area contributed by atoms with Gasteiger partial charge in [0.15, 0.2) is 0 Å². The van der Waals surface area contributed by atoms with E-state index in [0.717, 1.165) is 30.0 Å². The highest BCUT2D eigenvalue weighted by Crippen LogP contribution is 2.36. The van der Waals surface area contributed by atoms with E-state index in [1.807, 2.05) is 24.0 Å². The zero-order valence-electron chi connectivity index (χ0n) is 13.5. The van der Waals surface area contributed by atoms with Crippen LogP contribution in [0.2, 0.25) is 0 Å². The van der Waals surface area contributed by atoms with Crippen LogP contribution in [0.25, 0.3) is 0 Å². The average molecular weight is 333 g/mol. The summed E-state index contributed by atoms with van der Waals surface area (Å²) in [5.74, 6) is 0.414. The van der Waals surface area contributed by atoms with Gasteiger partial charge < -0.3 is 16.0 Å². The monoisotopic (exact) mass is 333 g/mol. The van der Waals surface area contributed by atoms with Gasteiger partial charge in [0, 0.05) is 29.6 Å². The van der Waals surface area contributed by atoms with E-state index >= 15 is 0 Å². The maximum absolute atomic E-state index is 12.9. The number of piperidine rings is 1. The summed E-state index contributed by atoms with van der Waals surface area (Å²) >= 11 is 1.52. The molecule has 2 aliphatic heterocycles. The van der Waals surface area contributed by atoms with Crippen LogP contribution in [0.4, 0.5) is 5.69 Å². The maximum Gasteiger partial charge on any atom is 0.254 e. The van der Waals surface area contributed by atoms with E-state index in [1.165, 1.54) is 11.8 Å². The summed E-state index contributed by atoms with van der Waals surface area (Å²) in [6.07, 6.45) is 2.12. The number of nitrogens with two attached hydrogens (primary N) is 1. The maximum atomic E-state index is 12.9. The Kier molecular flexibility index (Phi) is 4.64. The molecule has 3 atom stereocenters. The first-order chi connectivity index (χ1) is 11.0. The van der Waals surface area contributed by atoms with Crippen LogP contribution in [0, 0.1) is 5.92 Å². The zero-order chi connectivity index (χ0) is 16.6. The van der Waals surface area contributed by atoms with Gasteiger partial charge in [-0.3, -0.25) is 9.59 Å². The van der Waals surface area contributed by atoms with Gasteiger partial charge in [-0.2, -0.15) is 0 Å². The fourth-order valence-corrected chi connectivity index (χ4v) is 4.30. The van der Waals surface area contributed by atoms with E-state index < -0.39 is 0 Å². The number of anilines is 1. The van der Waals surface area contributed by atoms with Gasteiger partial charge in [0.25, 0.3) is 5.91 Å². The van der Waals surface area contributed by atoms with E-state index in [-0.39, 0.29) is 23.1 Å². The fourth-order valence-electron chi connectivity index (χ4n) is 3.37. The van der Waals surface area contributed by atoms with E-state index in [1.54, 1.807) is 6.07 Å². The Morgan fingerprint density at radius 3 is 2.96 bits per heavy atom. The van der Waals surface area contributed by atoms with Crippen LogP contribution >= 0.6 is 11.8 Å². The van der Waals surface area contributed by atoms with Gasteiger partial charge in [-0.05, 0) is 43.9 Å². The Morgan fingerprint density at radius 2 is 2.22 bits per heavy atom. The van der Waals surface area contributed by atoms with Gasteiger partial charge in [0.05, 0.1) is 10.9 Å². The molecule has 0 saturated carbocycles. The minimum Gasteiger partial charge on any atom is -0.334 e. The van der Waals surface area contributed by atoms with Crippen molar-refractivity contribution >= 4 is 29.3 Å². The number of amides is 2. The predicted octanol–water partition coefficient (Wildman–Crippen LogP) is 2.32. The van der Waals surface area contributed by atoms with Gasteiger partial charge in [0.1, 0.15) is 0 Å². The highest BCUT2D eigenvalue weighted by molar-refractivity contribution is 8.00. The summed E-state index contributed by atoms with van der Waals surface area (Å²) in [6.45, 7) is 5.27. The molecule has 0 aliphatic carbocycles. The normalized spacial score (nSPS) is 27.3. The third-order valence-electron chi connectivity index (χ3n) is 4.78.